The van der Waals surface area contributed by atoms with E-state index in [2.05, 4.69) is 15.5 Å². The summed E-state index contributed by atoms with van der Waals surface area (Å²) in [6.45, 7) is 4.60. The molecule has 8 heteroatoms. The number of para-hydroxylation sites is 1. The van der Waals surface area contributed by atoms with Crippen LogP contribution in [0.5, 0.6) is 11.6 Å². The Morgan fingerprint density at radius 3 is 2.63 bits per heavy atom. The lowest BCUT2D eigenvalue weighted by Gasteiger charge is -2.25. The van der Waals surface area contributed by atoms with Gasteiger partial charge >= 0.3 is 0 Å². The molecule has 0 saturated heterocycles. The lowest BCUT2D eigenvalue weighted by molar-refractivity contribution is 0.0902. The molecule has 0 aliphatic heterocycles. The van der Waals surface area contributed by atoms with Crippen LogP contribution < -0.4 is 14.8 Å². The van der Waals surface area contributed by atoms with Crippen LogP contribution in [0.2, 0.25) is 5.15 Å². The molecule has 1 aromatic heterocycles. The number of aliphatic hydroxyl groups excluding tert-OH is 2. The Bertz CT molecular complexity index is 698. The monoisotopic (exact) mass is 395 g/mol. The molecule has 148 valence electrons. The van der Waals surface area contributed by atoms with Gasteiger partial charge in [0.25, 0.3) is 0 Å². The Morgan fingerprint density at radius 1 is 1.15 bits per heavy atom. The van der Waals surface area contributed by atoms with E-state index >= 15 is 0 Å². The number of benzene rings is 1. The molecule has 2 rings (SSSR count). The van der Waals surface area contributed by atoms with Crippen molar-refractivity contribution in [3.05, 3.63) is 47.1 Å². The number of nitrogens with zero attached hydrogens (tertiary/aromatic N) is 2. The Kier molecular flexibility index (Phi) is 8.24. The molecule has 7 nitrogen and oxygen atoms in total. The maximum Gasteiger partial charge on any atom is 0.233 e. The molecular weight excluding hydrogens is 370 g/mol. The van der Waals surface area contributed by atoms with Crippen molar-refractivity contribution in [2.24, 2.45) is 0 Å². The summed E-state index contributed by atoms with van der Waals surface area (Å²) in [5, 5.41) is 30.3. The molecule has 1 heterocycles. The molecule has 1 aromatic carbocycles. The van der Waals surface area contributed by atoms with Crippen LogP contribution in [0.3, 0.4) is 0 Å². The van der Waals surface area contributed by atoms with E-state index in [1.54, 1.807) is 12.1 Å². The summed E-state index contributed by atoms with van der Waals surface area (Å²) in [5.74, 6) is 1.11. The first-order valence-electron chi connectivity index (χ1n) is 8.76. The Balaban J connectivity index is 1.81. The molecule has 27 heavy (non-hydrogen) atoms. The predicted octanol–water partition coefficient (Wildman–Crippen LogP) is 1.85. The summed E-state index contributed by atoms with van der Waals surface area (Å²) >= 11 is 5.70. The van der Waals surface area contributed by atoms with E-state index in [1.165, 1.54) is 0 Å². The third kappa shape index (κ3) is 7.68. The second kappa shape index (κ2) is 10.4. The van der Waals surface area contributed by atoms with E-state index < -0.39 is 11.6 Å². The summed E-state index contributed by atoms with van der Waals surface area (Å²) in [5.41, 5.74) is 0.524. The van der Waals surface area contributed by atoms with Crippen molar-refractivity contribution in [1.82, 2.24) is 15.5 Å². The van der Waals surface area contributed by atoms with Gasteiger partial charge in [-0.1, -0.05) is 29.8 Å². The molecular formula is C19H26ClN3O4. The molecule has 0 amide bonds. The fourth-order valence-corrected chi connectivity index (χ4v) is 2.29. The van der Waals surface area contributed by atoms with Gasteiger partial charge in [0.1, 0.15) is 18.5 Å². The minimum Gasteiger partial charge on any atom is -0.491 e. The van der Waals surface area contributed by atoms with Crippen molar-refractivity contribution >= 4 is 11.6 Å². The highest BCUT2D eigenvalue weighted by molar-refractivity contribution is 6.29. The number of β-amino-alcohol motifs (C(OH)–C–C–N with tert-alkyl or cyclic N) is 1. The molecule has 1 unspecified atom stereocenters. The van der Waals surface area contributed by atoms with Crippen molar-refractivity contribution < 1.29 is 19.7 Å². The minimum absolute atomic E-state index is 0.0125. The highest BCUT2D eigenvalue weighted by Crippen LogP contribution is 2.19. The number of ether oxygens (including phenoxy) is 2. The van der Waals surface area contributed by atoms with Gasteiger partial charge in [-0.05, 0) is 31.5 Å². The molecule has 1 atom stereocenters. The molecule has 0 radical (unpaired) electrons. The van der Waals surface area contributed by atoms with E-state index in [0.29, 0.717) is 36.4 Å². The first-order valence-corrected chi connectivity index (χ1v) is 9.14. The SMILES string of the molecule is CC(C)(CO)NCC(O)COc1ccccc1CCOc1ccc(Cl)nn1. The first-order chi connectivity index (χ1) is 12.9. The number of rotatable bonds is 11. The number of halogens is 1. The largest absolute Gasteiger partial charge is 0.491 e. The zero-order valence-corrected chi connectivity index (χ0v) is 16.3. The maximum atomic E-state index is 10.1. The highest BCUT2D eigenvalue weighted by Gasteiger charge is 2.17. The average molecular weight is 396 g/mol. The predicted molar refractivity (Wildman–Crippen MR) is 103 cm³/mol. The Morgan fingerprint density at radius 2 is 1.93 bits per heavy atom. The van der Waals surface area contributed by atoms with Gasteiger partial charge in [0, 0.05) is 24.6 Å². The van der Waals surface area contributed by atoms with Crippen LogP contribution in [0.25, 0.3) is 0 Å². The summed E-state index contributed by atoms with van der Waals surface area (Å²) in [6, 6.07) is 10.9. The standard InChI is InChI=1S/C19H26ClN3O4/c1-19(2,13-24)21-11-15(25)12-27-16-6-4-3-5-14(16)9-10-26-18-8-7-17(20)22-23-18/h3-8,15,21,24-25H,9-13H2,1-2H3. The van der Waals surface area contributed by atoms with Gasteiger partial charge in [-0.2, -0.15) is 0 Å². The van der Waals surface area contributed by atoms with Crippen molar-refractivity contribution in [3.8, 4) is 11.6 Å². The lowest BCUT2D eigenvalue weighted by Crippen LogP contribution is -2.47. The van der Waals surface area contributed by atoms with E-state index in [4.69, 9.17) is 21.1 Å². The van der Waals surface area contributed by atoms with Crippen LogP contribution in [-0.2, 0) is 6.42 Å². The summed E-state index contributed by atoms with van der Waals surface area (Å²) in [6.07, 6.45) is -0.0729. The minimum atomic E-state index is -0.690. The molecule has 3 N–H and O–H groups in total. The van der Waals surface area contributed by atoms with Crippen LogP contribution >= 0.6 is 11.6 Å². The van der Waals surface area contributed by atoms with Crippen molar-refractivity contribution in [1.29, 1.82) is 0 Å². The van der Waals surface area contributed by atoms with E-state index in [-0.39, 0.29) is 13.2 Å². The summed E-state index contributed by atoms with van der Waals surface area (Å²) < 4.78 is 11.3. The van der Waals surface area contributed by atoms with Crippen LogP contribution in [0.1, 0.15) is 19.4 Å². The maximum absolute atomic E-state index is 10.1. The first kappa shape index (κ1) is 21.4. The van der Waals surface area contributed by atoms with Crippen LogP contribution in [-0.4, -0.2) is 58.4 Å². The van der Waals surface area contributed by atoms with Crippen LogP contribution in [0, 0.1) is 0 Å². The fraction of sp³-hybridized carbons (Fsp3) is 0.474. The number of hydrogen-bond acceptors (Lipinski definition) is 7. The zero-order valence-electron chi connectivity index (χ0n) is 15.6. The van der Waals surface area contributed by atoms with Gasteiger partial charge in [-0.15, -0.1) is 10.2 Å². The van der Waals surface area contributed by atoms with Crippen LogP contribution in [0.15, 0.2) is 36.4 Å². The van der Waals surface area contributed by atoms with E-state index in [9.17, 15) is 10.2 Å². The van der Waals surface area contributed by atoms with Crippen molar-refractivity contribution in [3.63, 3.8) is 0 Å². The van der Waals surface area contributed by atoms with Gasteiger partial charge < -0.3 is 25.0 Å². The molecule has 0 saturated carbocycles. The van der Waals surface area contributed by atoms with Crippen molar-refractivity contribution in [2.75, 3.05) is 26.4 Å². The fourth-order valence-electron chi connectivity index (χ4n) is 2.19. The smallest absolute Gasteiger partial charge is 0.233 e. The third-order valence-corrected chi connectivity index (χ3v) is 4.05. The van der Waals surface area contributed by atoms with Gasteiger partial charge in [0.05, 0.1) is 13.2 Å². The third-order valence-electron chi connectivity index (χ3n) is 3.84. The lowest BCUT2D eigenvalue weighted by atomic mass is 10.1. The molecule has 0 aliphatic carbocycles. The van der Waals surface area contributed by atoms with Crippen LogP contribution in [0.4, 0.5) is 0 Å². The van der Waals surface area contributed by atoms with Crippen molar-refractivity contribution in [2.45, 2.75) is 31.9 Å². The van der Waals surface area contributed by atoms with E-state index in [0.717, 1.165) is 5.56 Å². The molecule has 2 aromatic rings. The molecule has 0 spiro atoms. The Labute approximate surface area is 164 Å². The number of aromatic nitrogens is 2. The number of aliphatic hydroxyl groups is 2. The molecule has 0 fully saturated rings. The summed E-state index contributed by atoms with van der Waals surface area (Å²) in [4.78, 5) is 0. The van der Waals surface area contributed by atoms with Gasteiger partial charge in [-0.25, -0.2) is 0 Å². The van der Waals surface area contributed by atoms with Gasteiger partial charge in [-0.3, -0.25) is 0 Å². The van der Waals surface area contributed by atoms with E-state index in [1.807, 2.05) is 38.1 Å². The zero-order chi connectivity index (χ0) is 19.7. The number of nitrogens with one attached hydrogen (secondary N) is 1. The second-order valence-electron chi connectivity index (χ2n) is 6.79. The Hall–Kier alpha value is -1.93. The number of hydrogen-bond donors (Lipinski definition) is 3. The van der Waals surface area contributed by atoms with Gasteiger partial charge in [0.2, 0.25) is 5.88 Å². The van der Waals surface area contributed by atoms with Gasteiger partial charge in [0.15, 0.2) is 5.15 Å². The molecule has 0 aliphatic rings. The normalized spacial score (nSPS) is 12.6. The molecule has 0 bridgehead atoms. The average Bonchev–Trinajstić information content (AvgIpc) is 2.67. The summed E-state index contributed by atoms with van der Waals surface area (Å²) in [7, 11) is 0. The topological polar surface area (TPSA) is 96.7 Å². The quantitative estimate of drug-likeness (QED) is 0.534. The second-order valence-corrected chi connectivity index (χ2v) is 7.18. The highest BCUT2D eigenvalue weighted by atomic mass is 35.5.